The van der Waals surface area contributed by atoms with Gasteiger partial charge in [-0.2, -0.15) is 0 Å². The van der Waals surface area contributed by atoms with Crippen LogP contribution in [-0.2, 0) is 17.6 Å². The highest BCUT2D eigenvalue weighted by molar-refractivity contribution is 5.79. The monoisotopic (exact) mass is 334 g/mol. The predicted octanol–water partition coefficient (Wildman–Crippen LogP) is 3.13. The maximum atomic E-state index is 12.2. The van der Waals surface area contributed by atoms with E-state index in [9.17, 15) is 9.59 Å². The lowest BCUT2D eigenvalue weighted by atomic mass is 10.1. The summed E-state index contributed by atoms with van der Waals surface area (Å²) in [6.07, 6.45) is 1.70. The Kier molecular flexibility index (Phi) is 5.29. The van der Waals surface area contributed by atoms with Crippen LogP contribution in [0.15, 0.2) is 59.4 Å². The molecule has 3 rings (SSSR count). The first-order valence-electron chi connectivity index (χ1n) is 8.55. The number of rotatable bonds is 6. The lowest BCUT2D eigenvalue weighted by Crippen LogP contribution is -2.27. The van der Waals surface area contributed by atoms with Crippen molar-refractivity contribution >= 4 is 16.8 Å². The summed E-state index contributed by atoms with van der Waals surface area (Å²) in [5, 5.41) is 3.90. The van der Waals surface area contributed by atoms with Crippen molar-refractivity contribution in [1.29, 1.82) is 0 Å². The maximum Gasteiger partial charge on any atom is 0.251 e. The fourth-order valence-corrected chi connectivity index (χ4v) is 2.87. The van der Waals surface area contributed by atoms with Gasteiger partial charge >= 0.3 is 0 Å². The molecule has 0 aliphatic carbocycles. The number of H-pyrrole nitrogens is 1. The summed E-state index contributed by atoms with van der Waals surface area (Å²) in [6.45, 7) is 2.46. The smallest absolute Gasteiger partial charge is 0.251 e. The standard InChI is InChI=1S/C21H22N2O2/c1-15-7-9-17-14-18(21(25)23-19(17)13-15)11-12-22-20(24)10-8-16-5-3-2-4-6-16/h2-7,9,13-14H,8,10-12H2,1H3,(H,22,24)(H,23,25). The van der Waals surface area contributed by atoms with Crippen molar-refractivity contribution in [2.75, 3.05) is 6.54 Å². The first kappa shape index (κ1) is 17.0. The number of aromatic amines is 1. The van der Waals surface area contributed by atoms with E-state index in [1.165, 1.54) is 0 Å². The van der Waals surface area contributed by atoms with Gasteiger partial charge in [0.05, 0.1) is 0 Å². The number of aromatic nitrogens is 1. The average molecular weight is 334 g/mol. The summed E-state index contributed by atoms with van der Waals surface area (Å²) in [7, 11) is 0. The van der Waals surface area contributed by atoms with Gasteiger partial charge in [-0.3, -0.25) is 9.59 Å². The normalized spacial score (nSPS) is 10.8. The molecule has 2 N–H and O–H groups in total. The first-order valence-corrected chi connectivity index (χ1v) is 8.55. The van der Waals surface area contributed by atoms with Crippen LogP contribution >= 0.6 is 0 Å². The lowest BCUT2D eigenvalue weighted by molar-refractivity contribution is -0.121. The molecule has 3 aromatic rings. The van der Waals surface area contributed by atoms with E-state index >= 15 is 0 Å². The molecule has 1 amide bonds. The third kappa shape index (κ3) is 4.57. The van der Waals surface area contributed by atoms with Gasteiger partial charge in [0.2, 0.25) is 5.91 Å². The number of pyridine rings is 1. The zero-order valence-electron chi connectivity index (χ0n) is 14.3. The van der Waals surface area contributed by atoms with E-state index in [1.807, 2.05) is 61.5 Å². The van der Waals surface area contributed by atoms with Crippen molar-refractivity contribution in [2.24, 2.45) is 0 Å². The Labute approximate surface area is 146 Å². The fraction of sp³-hybridized carbons (Fsp3) is 0.238. The van der Waals surface area contributed by atoms with Gasteiger partial charge in [0.15, 0.2) is 0 Å². The first-order chi connectivity index (χ1) is 12.1. The van der Waals surface area contributed by atoms with Crippen LogP contribution in [0.1, 0.15) is 23.1 Å². The zero-order chi connectivity index (χ0) is 17.6. The minimum absolute atomic E-state index is 0.0108. The third-order valence-electron chi connectivity index (χ3n) is 4.28. The highest BCUT2D eigenvalue weighted by Crippen LogP contribution is 2.13. The van der Waals surface area contributed by atoms with Crippen molar-refractivity contribution in [3.8, 4) is 0 Å². The van der Waals surface area contributed by atoms with Crippen LogP contribution in [0.5, 0.6) is 0 Å². The van der Waals surface area contributed by atoms with Crippen LogP contribution in [-0.4, -0.2) is 17.4 Å². The number of hydrogen-bond acceptors (Lipinski definition) is 2. The molecule has 0 fully saturated rings. The Morgan fingerprint density at radius 2 is 1.84 bits per heavy atom. The Morgan fingerprint density at radius 1 is 1.04 bits per heavy atom. The molecule has 0 spiro atoms. The molecule has 0 aliphatic rings. The minimum atomic E-state index is -0.0864. The summed E-state index contributed by atoms with van der Waals surface area (Å²) in [6, 6.07) is 17.8. The van der Waals surface area contributed by atoms with Gasteiger partial charge in [-0.25, -0.2) is 0 Å². The fourth-order valence-electron chi connectivity index (χ4n) is 2.87. The number of aryl methyl sites for hydroxylation is 2. The largest absolute Gasteiger partial charge is 0.356 e. The number of fused-ring (bicyclic) bond motifs is 1. The molecular formula is C21H22N2O2. The predicted molar refractivity (Wildman–Crippen MR) is 101 cm³/mol. The van der Waals surface area contributed by atoms with Crippen LogP contribution in [0.25, 0.3) is 10.9 Å². The molecule has 1 heterocycles. The molecule has 0 bridgehead atoms. The number of carbonyl (C=O) groups is 1. The van der Waals surface area contributed by atoms with Gasteiger partial charge in [0, 0.05) is 24.0 Å². The van der Waals surface area contributed by atoms with Crippen molar-refractivity contribution in [3.05, 3.63) is 81.6 Å². The summed E-state index contributed by atoms with van der Waals surface area (Å²) in [5.74, 6) is 0.0108. The van der Waals surface area contributed by atoms with Gasteiger partial charge in [-0.15, -0.1) is 0 Å². The third-order valence-corrected chi connectivity index (χ3v) is 4.28. The van der Waals surface area contributed by atoms with E-state index in [4.69, 9.17) is 0 Å². The van der Waals surface area contributed by atoms with Crippen LogP contribution in [0.4, 0.5) is 0 Å². The molecule has 0 saturated carbocycles. The summed E-state index contributed by atoms with van der Waals surface area (Å²) in [5.41, 5.74) is 3.72. The molecule has 25 heavy (non-hydrogen) atoms. The van der Waals surface area contributed by atoms with E-state index in [0.717, 1.165) is 28.5 Å². The highest BCUT2D eigenvalue weighted by Gasteiger charge is 2.05. The molecular weight excluding hydrogens is 312 g/mol. The van der Waals surface area contributed by atoms with Gasteiger partial charge in [-0.1, -0.05) is 42.5 Å². The summed E-state index contributed by atoms with van der Waals surface area (Å²) in [4.78, 5) is 27.0. The Morgan fingerprint density at radius 3 is 2.64 bits per heavy atom. The van der Waals surface area contributed by atoms with Crippen molar-refractivity contribution in [3.63, 3.8) is 0 Å². The Hall–Kier alpha value is -2.88. The van der Waals surface area contributed by atoms with Crippen LogP contribution in [0.3, 0.4) is 0 Å². The van der Waals surface area contributed by atoms with Crippen LogP contribution in [0, 0.1) is 6.92 Å². The van der Waals surface area contributed by atoms with Gasteiger partial charge in [-0.05, 0) is 48.4 Å². The number of benzene rings is 2. The second-order valence-electron chi connectivity index (χ2n) is 6.30. The molecule has 0 saturated heterocycles. The maximum absolute atomic E-state index is 12.2. The van der Waals surface area contributed by atoms with E-state index in [1.54, 1.807) is 0 Å². The molecule has 4 heteroatoms. The lowest BCUT2D eigenvalue weighted by Gasteiger charge is -2.07. The van der Waals surface area contributed by atoms with Gasteiger partial charge in [0.25, 0.3) is 5.56 Å². The average Bonchev–Trinajstić information content (AvgIpc) is 2.61. The van der Waals surface area contributed by atoms with Crippen LogP contribution < -0.4 is 10.9 Å². The molecule has 1 aromatic heterocycles. The van der Waals surface area contributed by atoms with E-state index in [2.05, 4.69) is 10.3 Å². The molecule has 128 valence electrons. The number of hydrogen-bond donors (Lipinski definition) is 2. The molecule has 0 atom stereocenters. The Balaban J connectivity index is 1.54. The molecule has 2 aromatic carbocycles. The van der Waals surface area contributed by atoms with E-state index < -0.39 is 0 Å². The van der Waals surface area contributed by atoms with Gasteiger partial charge < -0.3 is 10.3 Å². The number of carbonyl (C=O) groups excluding carboxylic acids is 1. The second kappa shape index (κ2) is 7.79. The van der Waals surface area contributed by atoms with Gasteiger partial charge in [0.1, 0.15) is 0 Å². The summed E-state index contributed by atoms with van der Waals surface area (Å²) < 4.78 is 0. The Bertz CT molecular complexity index is 930. The van der Waals surface area contributed by atoms with Crippen molar-refractivity contribution < 1.29 is 4.79 Å². The molecule has 0 unspecified atom stereocenters. The molecule has 0 aliphatic heterocycles. The molecule has 4 nitrogen and oxygen atoms in total. The van der Waals surface area contributed by atoms with E-state index in [-0.39, 0.29) is 11.5 Å². The van der Waals surface area contributed by atoms with Crippen LogP contribution in [0.2, 0.25) is 0 Å². The zero-order valence-corrected chi connectivity index (χ0v) is 14.3. The van der Waals surface area contributed by atoms with E-state index in [0.29, 0.717) is 24.9 Å². The SMILES string of the molecule is Cc1ccc2cc(CCNC(=O)CCc3ccccc3)c(=O)[nH]c2c1. The summed E-state index contributed by atoms with van der Waals surface area (Å²) >= 11 is 0. The second-order valence-corrected chi connectivity index (χ2v) is 6.30. The molecule has 0 radical (unpaired) electrons. The number of nitrogens with one attached hydrogen (secondary N) is 2. The number of amides is 1. The highest BCUT2D eigenvalue weighted by atomic mass is 16.1. The van der Waals surface area contributed by atoms with Crippen molar-refractivity contribution in [2.45, 2.75) is 26.2 Å². The van der Waals surface area contributed by atoms with Crippen molar-refractivity contribution in [1.82, 2.24) is 10.3 Å². The minimum Gasteiger partial charge on any atom is -0.356 e. The quantitative estimate of drug-likeness (QED) is 0.727. The topological polar surface area (TPSA) is 62.0 Å².